The lowest BCUT2D eigenvalue weighted by atomic mass is 9.98. The molecular weight excluding hydrogens is 511 g/mol. The first-order valence-electron chi connectivity index (χ1n) is 9.11. The molecule has 4 aromatic rings. The van der Waals surface area contributed by atoms with Crippen LogP contribution in [0.1, 0.15) is 28.5 Å². The molecule has 0 aliphatic carbocycles. The zero-order valence-corrected chi connectivity index (χ0v) is 19.2. The molecule has 0 spiro atoms. The maximum Gasteiger partial charge on any atom is 0.417 e. The van der Waals surface area contributed by atoms with Crippen molar-refractivity contribution in [2.24, 2.45) is 0 Å². The van der Waals surface area contributed by atoms with Crippen molar-refractivity contribution < 1.29 is 18.3 Å². The summed E-state index contributed by atoms with van der Waals surface area (Å²) in [6, 6.07) is 9.42. The predicted octanol–water partition coefficient (Wildman–Crippen LogP) is 7.21. The third kappa shape index (κ3) is 4.65. The number of thioether (sulfide) groups is 1. The number of benzene rings is 2. The van der Waals surface area contributed by atoms with E-state index in [2.05, 4.69) is 31.1 Å². The standard InChI is InChI=1S/C21H15BrF3N3OS2/c1-2-30-20-27-19(29)18(31-20)15(11-4-6-17-13(7-11)10-26-28-17)8-12-3-5-14(22)9-16(12)21(23,24)25/h3-10,29H,2H2,1H3,(H,26,28). The van der Waals surface area contributed by atoms with Gasteiger partial charge in [-0.1, -0.05) is 46.7 Å². The van der Waals surface area contributed by atoms with E-state index in [9.17, 15) is 18.3 Å². The second-order valence-corrected chi connectivity index (χ2v) is 9.95. The number of rotatable bonds is 5. The molecule has 0 aliphatic heterocycles. The SMILES string of the molecule is CCSc1nc(O)c(C(=Cc2ccc(Br)cc2C(F)(F)F)c2ccc3[nH]ncc3c2)s1. The van der Waals surface area contributed by atoms with Crippen LogP contribution in [0, 0.1) is 0 Å². The highest BCUT2D eigenvalue weighted by atomic mass is 79.9. The van der Waals surface area contributed by atoms with Crippen molar-refractivity contribution in [2.45, 2.75) is 17.4 Å². The van der Waals surface area contributed by atoms with Gasteiger partial charge in [0.25, 0.3) is 0 Å². The van der Waals surface area contributed by atoms with Crippen LogP contribution in [-0.2, 0) is 6.18 Å². The van der Waals surface area contributed by atoms with E-state index in [0.29, 0.717) is 24.8 Å². The van der Waals surface area contributed by atoms with Crippen LogP contribution in [0.2, 0.25) is 0 Å². The molecule has 10 heteroatoms. The van der Waals surface area contributed by atoms with Crippen molar-refractivity contribution in [3.8, 4) is 5.88 Å². The molecule has 0 amide bonds. The number of H-pyrrole nitrogens is 1. The first-order chi connectivity index (χ1) is 14.8. The summed E-state index contributed by atoms with van der Waals surface area (Å²) in [6.45, 7) is 1.96. The number of halogens is 4. The van der Waals surface area contributed by atoms with Crippen LogP contribution in [0.4, 0.5) is 13.2 Å². The van der Waals surface area contributed by atoms with Crippen molar-refractivity contribution in [3.63, 3.8) is 0 Å². The summed E-state index contributed by atoms with van der Waals surface area (Å²) in [5.74, 6) is 0.558. The van der Waals surface area contributed by atoms with E-state index in [4.69, 9.17) is 0 Å². The summed E-state index contributed by atoms with van der Waals surface area (Å²) in [6.07, 6.45) is -1.44. The summed E-state index contributed by atoms with van der Waals surface area (Å²) in [5, 5.41) is 18.2. The third-order valence-corrected chi connectivity index (χ3v) is 7.07. The molecule has 2 heterocycles. The molecule has 0 unspecified atom stereocenters. The van der Waals surface area contributed by atoms with Crippen LogP contribution in [-0.4, -0.2) is 26.0 Å². The fourth-order valence-corrected chi connectivity index (χ4v) is 5.43. The lowest BCUT2D eigenvalue weighted by Crippen LogP contribution is -2.07. The van der Waals surface area contributed by atoms with E-state index >= 15 is 0 Å². The molecular formula is C21H15BrF3N3OS2. The number of alkyl halides is 3. The Balaban J connectivity index is 1.95. The van der Waals surface area contributed by atoms with Crippen molar-refractivity contribution >= 4 is 61.6 Å². The van der Waals surface area contributed by atoms with Crippen LogP contribution in [0.5, 0.6) is 5.88 Å². The lowest BCUT2D eigenvalue weighted by molar-refractivity contribution is -0.137. The minimum Gasteiger partial charge on any atom is -0.492 e. The van der Waals surface area contributed by atoms with Gasteiger partial charge in [-0.15, -0.1) is 11.3 Å². The zero-order valence-electron chi connectivity index (χ0n) is 16.0. The number of hydrogen-bond donors (Lipinski definition) is 2. The van der Waals surface area contributed by atoms with Gasteiger partial charge in [0.2, 0.25) is 5.88 Å². The zero-order chi connectivity index (χ0) is 22.2. The quantitative estimate of drug-likeness (QED) is 0.213. The van der Waals surface area contributed by atoms with Gasteiger partial charge in [0.05, 0.1) is 22.2 Å². The molecule has 0 saturated carbocycles. The smallest absolute Gasteiger partial charge is 0.417 e. The van der Waals surface area contributed by atoms with Gasteiger partial charge in [0.15, 0.2) is 4.34 Å². The Morgan fingerprint density at radius 1 is 1.26 bits per heavy atom. The van der Waals surface area contributed by atoms with Crippen molar-refractivity contribution in [2.75, 3.05) is 5.75 Å². The number of hydrogen-bond acceptors (Lipinski definition) is 5. The van der Waals surface area contributed by atoms with Crippen LogP contribution in [0.25, 0.3) is 22.6 Å². The Bertz CT molecular complexity index is 1280. The fraction of sp³-hybridized carbons (Fsp3) is 0.143. The second-order valence-electron chi connectivity index (χ2n) is 6.52. The van der Waals surface area contributed by atoms with E-state index in [1.165, 1.54) is 35.2 Å². The van der Waals surface area contributed by atoms with E-state index in [1.54, 1.807) is 24.4 Å². The maximum atomic E-state index is 13.7. The predicted molar refractivity (Wildman–Crippen MR) is 122 cm³/mol. The number of nitrogens with zero attached hydrogens (tertiary/aromatic N) is 2. The molecule has 0 bridgehead atoms. The molecule has 4 nitrogen and oxygen atoms in total. The average molecular weight is 526 g/mol. The molecule has 0 aliphatic rings. The van der Waals surface area contributed by atoms with Gasteiger partial charge in [-0.3, -0.25) is 5.10 Å². The molecule has 2 aromatic heterocycles. The molecule has 0 atom stereocenters. The summed E-state index contributed by atoms with van der Waals surface area (Å²) in [7, 11) is 0. The number of aromatic hydroxyl groups is 1. The molecule has 4 rings (SSSR count). The van der Waals surface area contributed by atoms with Gasteiger partial charge in [-0.25, -0.2) is 0 Å². The monoisotopic (exact) mass is 525 g/mol. The van der Waals surface area contributed by atoms with E-state index in [-0.39, 0.29) is 11.4 Å². The van der Waals surface area contributed by atoms with E-state index < -0.39 is 11.7 Å². The van der Waals surface area contributed by atoms with Gasteiger partial charge in [-0.05, 0) is 47.2 Å². The summed E-state index contributed by atoms with van der Waals surface area (Å²) >= 11 is 5.83. The molecule has 2 aromatic carbocycles. The molecule has 0 saturated heterocycles. The Kier molecular flexibility index (Phi) is 6.14. The highest BCUT2D eigenvalue weighted by Crippen LogP contribution is 2.42. The number of fused-ring (bicyclic) bond motifs is 1. The third-order valence-electron chi connectivity index (χ3n) is 4.47. The minimum atomic E-state index is -4.53. The summed E-state index contributed by atoms with van der Waals surface area (Å²) in [5.41, 5.74) is 1.13. The molecule has 31 heavy (non-hydrogen) atoms. The number of thiazole rings is 1. The van der Waals surface area contributed by atoms with Crippen LogP contribution < -0.4 is 0 Å². The number of aromatic amines is 1. The van der Waals surface area contributed by atoms with E-state index in [1.807, 2.05) is 13.0 Å². The maximum absolute atomic E-state index is 13.7. The Hall–Kier alpha value is -2.30. The molecule has 160 valence electrons. The Morgan fingerprint density at radius 2 is 2.06 bits per heavy atom. The highest BCUT2D eigenvalue weighted by molar-refractivity contribution is 9.10. The Morgan fingerprint density at radius 3 is 2.81 bits per heavy atom. The van der Waals surface area contributed by atoms with Gasteiger partial charge in [0.1, 0.15) is 0 Å². The first-order valence-corrected chi connectivity index (χ1v) is 11.7. The molecule has 0 radical (unpaired) electrons. The lowest BCUT2D eigenvalue weighted by Gasteiger charge is -2.13. The van der Waals surface area contributed by atoms with Crippen LogP contribution >= 0.6 is 39.0 Å². The summed E-state index contributed by atoms with van der Waals surface area (Å²) in [4.78, 5) is 4.59. The highest BCUT2D eigenvalue weighted by Gasteiger charge is 2.33. The molecule has 2 N–H and O–H groups in total. The summed E-state index contributed by atoms with van der Waals surface area (Å²) < 4.78 is 42.1. The van der Waals surface area contributed by atoms with Gasteiger partial charge in [0, 0.05) is 15.4 Å². The second kappa shape index (κ2) is 8.68. The van der Waals surface area contributed by atoms with Crippen molar-refractivity contribution in [3.05, 3.63) is 68.6 Å². The number of aromatic nitrogens is 3. The van der Waals surface area contributed by atoms with Gasteiger partial charge < -0.3 is 5.11 Å². The Labute approximate surface area is 192 Å². The molecule has 0 fully saturated rings. The van der Waals surface area contributed by atoms with Gasteiger partial charge >= 0.3 is 6.18 Å². The van der Waals surface area contributed by atoms with Crippen molar-refractivity contribution in [1.29, 1.82) is 0 Å². The van der Waals surface area contributed by atoms with Gasteiger partial charge in [-0.2, -0.15) is 23.3 Å². The topological polar surface area (TPSA) is 61.8 Å². The van der Waals surface area contributed by atoms with E-state index in [0.717, 1.165) is 22.7 Å². The normalized spacial score (nSPS) is 12.6. The average Bonchev–Trinajstić information content (AvgIpc) is 3.32. The minimum absolute atomic E-state index is 0.00418. The fourth-order valence-electron chi connectivity index (χ4n) is 3.10. The largest absolute Gasteiger partial charge is 0.492 e. The first kappa shape index (κ1) is 21.9. The van der Waals surface area contributed by atoms with Crippen LogP contribution in [0.3, 0.4) is 0 Å². The van der Waals surface area contributed by atoms with Crippen LogP contribution in [0.15, 0.2) is 51.4 Å². The number of nitrogens with one attached hydrogen (secondary N) is 1. The van der Waals surface area contributed by atoms with Crippen molar-refractivity contribution in [1.82, 2.24) is 15.2 Å².